The number of alkyl halides is 2. The van der Waals surface area contributed by atoms with Crippen LogP contribution in [0.15, 0.2) is 12.2 Å². The average molecular weight is 230 g/mol. The zero-order valence-corrected chi connectivity index (χ0v) is 8.13. The van der Waals surface area contributed by atoms with Crippen LogP contribution in [0.3, 0.4) is 0 Å². The molecule has 14 heavy (non-hydrogen) atoms. The van der Waals surface area contributed by atoms with E-state index in [2.05, 4.69) is 11.3 Å². The third kappa shape index (κ3) is 3.17. The van der Waals surface area contributed by atoms with Crippen molar-refractivity contribution in [1.82, 2.24) is 0 Å². The molecule has 0 amide bonds. The van der Waals surface area contributed by atoms with Gasteiger partial charge in [-0.15, -0.1) is 0 Å². The van der Waals surface area contributed by atoms with E-state index < -0.39 is 31.2 Å². The van der Waals surface area contributed by atoms with Gasteiger partial charge in [-0.25, -0.2) is 4.79 Å². The highest BCUT2D eigenvalue weighted by atomic mass is 31.2. The first-order valence-electron chi connectivity index (χ1n) is 3.31. The van der Waals surface area contributed by atoms with Crippen molar-refractivity contribution in [3.8, 4) is 0 Å². The molecule has 0 aromatic heterocycles. The highest BCUT2D eigenvalue weighted by Gasteiger charge is 2.49. The Hall–Kier alpha value is -0.780. The van der Waals surface area contributed by atoms with Crippen LogP contribution in [-0.2, 0) is 14.1 Å². The van der Waals surface area contributed by atoms with Crippen molar-refractivity contribution < 1.29 is 32.7 Å². The molecule has 0 unspecified atom stereocenters. The molecule has 0 bridgehead atoms. The van der Waals surface area contributed by atoms with Crippen LogP contribution in [0.25, 0.3) is 0 Å². The van der Waals surface area contributed by atoms with Crippen molar-refractivity contribution in [1.29, 1.82) is 0 Å². The Morgan fingerprint density at radius 3 is 2.29 bits per heavy atom. The largest absolute Gasteiger partial charge is 0.466 e. The molecule has 0 aliphatic heterocycles. The van der Waals surface area contributed by atoms with E-state index in [9.17, 15) is 18.1 Å². The summed E-state index contributed by atoms with van der Waals surface area (Å²) in [6.45, 7) is 2.93. The molecule has 0 heterocycles. The van der Waals surface area contributed by atoms with Crippen LogP contribution in [0.1, 0.15) is 6.42 Å². The lowest BCUT2D eigenvalue weighted by atomic mass is 10.2. The minimum absolute atomic E-state index is 0.694. The molecule has 5 nitrogen and oxygen atoms in total. The Labute approximate surface area is 78.5 Å². The lowest BCUT2D eigenvalue weighted by molar-refractivity contribution is -0.136. The summed E-state index contributed by atoms with van der Waals surface area (Å²) in [5.74, 6) is -1.13. The van der Waals surface area contributed by atoms with Gasteiger partial charge in [0.2, 0.25) is 0 Å². The van der Waals surface area contributed by atoms with Crippen molar-refractivity contribution in [2.24, 2.45) is 0 Å². The second-order valence-electron chi connectivity index (χ2n) is 2.48. The van der Waals surface area contributed by atoms with E-state index in [-0.39, 0.29) is 0 Å². The first kappa shape index (κ1) is 13.2. The number of methoxy groups -OCH3 is 1. The van der Waals surface area contributed by atoms with Gasteiger partial charge in [-0.05, 0) is 0 Å². The number of hydrogen-bond acceptors (Lipinski definition) is 3. The summed E-state index contributed by atoms with van der Waals surface area (Å²) in [4.78, 5) is 27.0. The molecule has 0 saturated heterocycles. The van der Waals surface area contributed by atoms with Gasteiger partial charge in [-0.2, -0.15) is 8.78 Å². The van der Waals surface area contributed by atoms with E-state index in [1.165, 1.54) is 0 Å². The van der Waals surface area contributed by atoms with Gasteiger partial charge >= 0.3 is 19.2 Å². The first-order valence-corrected chi connectivity index (χ1v) is 4.92. The third-order valence-corrected chi connectivity index (χ3v) is 2.34. The topological polar surface area (TPSA) is 83.8 Å². The Kier molecular flexibility index (Phi) is 3.93. The SMILES string of the molecule is C=C(CC(F)(F)P(=O)(O)O)C(=O)OC. The summed E-state index contributed by atoms with van der Waals surface area (Å²) in [6.07, 6.45) is -1.43. The van der Waals surface area contributed by atoms with Crippen molar-refractivity contribution in [2.75, 3.05) is 7.11 Å². The molecule has 0 rings (SSSR count). The highest BCUT2D eigenvalue weighted by Crippen LogP contribution is 2.55. The number of rotatable bonds is 4. The average Bonchev–Trinajstić information content (AvgIpc) is 2.00. The van der Waals surface area contributed by atoms with Gasteiger partial charge in [0.25, 0.3) is 0 Å². The maximum Gasteiger partial charge on any atom is 0.394 e. The van der Waals surface area contributed by atoms with Crippen LogP contribution in [0.5, 0.6) is 0 Å². The monoisotopic (exact) mass is 230 g/mol. The lowest BCUT2D eigenvalue weighted by Gasteiger charge is -2.17. The van der Waals surface area contributed by atoms with E-state index >= 15 is 0 Å². The van der Waals surface area contributed by atoms with E-state index in [0.717, 1.165) is 7.11 Å². The van der Waals surface area contributed by atoms with Gasteiger partial charge in [0.15, 0.2) is 0 Å². The molecule has 0 spiro atoms. The third-order valence-electron chi connectivity index (χ3n) is 1.33. The van der Waals surface area contributed by atoms with Crippen LogP contribution < -0.4 is 0 Å². The van der Waals surface area contributed by atoms with Crippen LogP contribution >= 0.6 is 7.60 Å². The second-order valence-corrected chi connectivity index (χ2v) is 4.22. The van der Waals surface area contributed by atoms with Gasteiger partial charge in [0, 0.05) is 5.57 Å². The Bertz CT molecular complexity index is 295. The summed E-state index contributed by atoms with van der Waals surface area (Å²) >= 11 is 0. The standard InChI is InChI=1S/C6H9F2O5P/c1-4(5(9)13-2)3-6(7,8)14(10,11)12/h1,3H2,2H3,(H2,10,11,12). The second kappa shape index (κ2) is 4.16. The predicted molar refractivity (Wildman–Crippen MR) is 42.8 cm³/mol. The van der Waals surface area contributed by atoms with E-state index in [0.29, 0.717) is 0 Å². The quantitative estimate of drug-likeness (QED) is 0.425. The van der Waals surface area contributed by atoms with Crippen LogP contribution in [0.4, 0.5) is 8.78 Å². The molecule has 0 saturated carbocycles. The Morgan fingerprint density at radius 2 is 2.00 bits per heavy atom. The molecule has 0 aliphatic carbocycles. The number of carbonyl (C=O) groups excluding carboxylic acids is 1. The normalized spacial score (nSPS) is 12.4. The van der Waals surface area contributed by atoms with E-state index in [1.807, 2.05) is 0 Å². The maximum atomic E-state index is 12.6. The van der Waals surface area contributed by atoms with Gasteiger partial charge in [-0.3, -0.25) is 4.57 Å². The van der Waals surface area contributed by atoms with Crippen molar-refractivity contribution >= 4 is 13.6 Å². The highest BCUT2D eigenvalue weighted by molar-refractivity contribution is 7.53. The molecule has 0 radical (unpaired) electrons. The maximum absolute atomic E-state index is 12.6. The van der Waals surface area contributed by atoms with Crippen molar-refractivity contribution in [2.45, 2.75) is 12.1 Å². The summed E-state index contributed by atoms with van der Waals surface area (Å²) in [7, 11) is -4.63. The van der Waals surface area contributed by atoms with E-state index in [4.69, 9.17) is 9.79 Å². The molecule has 0 fully saturated rings. The van der Waals surface area contributed by atoms with Gasteiger partial charge in [0.05, 0.1) is 13.5 Å². The summed E-state index contributed by atoms with van der Waals surface area (Å²) in [6, 6.07) is 0. The molecule has 0 aliphatic rings. The zero-order chi connectivity index (χ0) is 11.6. The Balaban J connectivity index is 4.61. The summed E-state index contributed by atoms with van der Waals surface area (Å²) < 4.78 is 39.6. The molecule has 8 heteroatoms. The Morgan fingerprint density at radius 1 is 1.57 bits per heavy atom. The lowest BCUT2D eigenvalue weighted by Crippen LogP contribution is -2.20. The fourth-order valence-corrected chi connectivity index (χ4v) is 0.973. The zero-order valence-electron chi connectivity index (χ0n) is 7.24. The van der Waals surface area contributed by atoms with Gasteiger partial charge < -0.3 is 14.5 Å². The van der Waals surface area contributed by atoms with Crippen LogP contribution in [-0.4, -0.2) is 28.5 Å². The smallest absolute Gasteiger partial charge is 0.394 e. The van der Waals surface area contributed by atoms with Crippen LogP contribution in [0, 0.1) is 0 Å². The van der Waals surface area contributed by atoms with Crippen LogP contribution in [0.2, 0.25) is 0 Å². The molecule has 0 atom stereocenters. The number of halogens is 2. The summed E-state index contributed by atoms with van der Waals surface area (Å²) in [5.41, 5.74) is -4.99. The molecule has 2 N–H and O–H groups in total. The number of hydrogen-bond donors (Lipinski definition) is 2. The predicted octanol–water partition coefficient (Wildman–Crippen LogP) is 0.876. The number of esters is 1. The molecule has 0 aromatic carbocycles. The molecular formula is C6H9F2O5P. The van der Waals surface area contributed by atoms with Crippen molar-refractivity contribution in [3.05, 3.63) is 12.2 Å². The fraction of sp³-hybridized carbons (Fsp3) is 0.500. The fourth-order valence-electron chi connectivity index (χ4n) is 0.576. The number of carbonyl (C=O) groups is 1. The van der Waals surface area contributed by atoms with Gasteiger partial charge in [-0.1, -0.05) is 6.58 Å². The molecule has 82 valence electrons. The van der Waals surface area contributed by atoms with Gasteiger partial charge in [0.1, 0.15) is 0 Å². The number of ether oxygens (including phenoxy) is 1. The summed E-state index contributed by atoms with van der Waals surface area (Å²) in [5, 5.41) is 0. The molecule has 0 aromatic rings. The van der Waals surface area contributed by atoms with E-state index in [1.54, 1.807) is 0 Å². The first-order chi connectivity index (χ1) is 6.12. The minimum atomic E-state index is -5.57. The molecular weight excluding hydrogens is 221 g/mol. The van der Waals surface area contributed by atoms with Crippen molar-refractivity contribution in [3.63, 3.8) is 0 Å². The minimum Gasteiger partial charge on any atom is -0.466 e.